The average Bonchev–Trinajstić information content (AvgIpc) is 2.76. The number of para-hydroxylation sites is 2. The van der Waals surface area contributed by atoms with Gasteiger partial charge in [-0.1, -0.05) is 66.7 Å². The van der Waals surface area contributed by atoms with Crippen LogP contribution < -0.4 is 20.1 Å². The molecule has 0 aliphatic heterocycles. The van der Waals surface area contributed by atoms with Crippen LogP contribution in [-0.2, 0) is 15.6 Å². The van der Waals surface area contributed by atoms with Gasteiger partial charge in [-0.05, 0) is 25.6 Å². The van der Waals surface area contributed by atoms with Crippen LogP contribution in [0.1, 0.15) is 5.56 Å². The summed E-state index contributed by atoms with van der Waals surface area (Å²) in [5.41, 5.74) is 1.27. The van der Waals surface area contributed by atoms with Crippen molar-refractivity contribution in [3.8, 4) is 11.5 Å². The van der Waals surface area contributed by atoms with Gasteiger partial charge < -0.3 is 18.9 Å². The molecule has 0 amide bonds. The van der Waals surface area contributed by atoms with Crippen molar-refractivity contribution in [1.82, 2.24) is 0 Å². The van der Waals surface area contributed by atoms with Crippen LogP contribution in [0.3, 0.4) is 0 Å². The molecule has 0 spiro atoms. The highest BCUT2D eigenvalue weighted by Crippen LogP contribution is 2.43. The lowest BCUT2D eigenvalue weighted by atomic mass is 10.2. The highest BCUT2D eigenvalue weighted by molar-refractivity contribution is 7.72. The molecule has 0 aliphatic carbocycles. The Morgan fingerprint density at radius 2 is 1.07 bits per heavy atom. The minimum Gasteiger partial charge on any atom is -0.467 e. The monoisotopic (exact) mass is 396 g/mol. The molecular formula is C23H25O4P. The van der Waals surface area contributed by atoms with Gasteiger partial charge in [0.2, 0.25) is 0 Å². The van der Waals surface area contributed by atoms with E-state index >= 15 is 0 Å². The molecule has 3 aromatic carbocycles. The summed E-state index contributed by atoms with van der Waals surface area (Å²) in [5, 5.41) is 2.32. The second-order valence-electron chi connectivity index (χ2n) is 6.11. The Bertz CT molecular complexity index is 802. The van der Waals surface area contributed by atoms with Crippen LogP contribution in [0.4, 0.5) is 0 Å². The van der Waals surface area contributed by atoms with Gasteiger partial charge in [0.25, 0.3) is 0 Å². The molecule has 28 heavy (non-hydrogen) atoms. The van der Waals surface area contributed by atoms with E-state index in [4.69, 9.17) is 18.9 Å². The van der Waals surface area contributed by atoms with Gasteiger partial charge in [-0.25, -0.2) is 0 Å². The molecule has 0 fully saturated rings. The van der Waals surface area contributed by atoms with Gasteiger partial charge in [-0.15, -0.1) is 0 Å². The van der Waals surface area contributed by atoms with Crippen LogP contribution in [0.25, 0.3) is 0 Å². The second-order valence-corrected chi connectivity index (χ2v) is 8.24. The standard InChI is InChI=1S/C23H25O4P/c1-24-17-26-20-12-6-8-14-22(20)28(16-19-10-4-3-5-11-19)23-15-9-7-13-21(23)27-18-25-2/h3-15H,16-18H2,1-2H3. The maximum Gasteiger partial charge on any atom is 0.188 e. The number of methoxy groups -OCH3 is 2. The summed E-state index contributed by atoms with van der Waals surface area (Å²) in [7, 11) is 2.49. The van der Waals surface area contributed by atoms with Crippen molar-refractivity contribution >= 4 is 18.5 Å². The number of benzene rings is 3. The highest BCUT2D eigenvalue weighted by atomic mass is 31.1. The van der Waals surface area contributed by atoms with Crippen molar-refractivity contribution in [2.45, 2.75) is 6.16 Å². The van der Waals surface area contributed by atoms with Crippen molar-refractivity contribution in [2.75, 3.05) is 27.8 Å². The minimum absolute atomic E-state index is 0.216. The number of hydrogen-bond acceptors (Lipinski definition) is 4. The molecule has 0 saturated heterocycles. The Morgan fingerprint density at radius 1 is 0.607 bits per heavy atom. The van der Waals surface area contributed by atoms with Gasteiger partial charge in [0.15, 0.2) is 13.6 Å². The zero-order valence-electron chi connectivity index (χ0n) is 16.2. The minimum atomic E-state index is -0.763. The normalized spacial score (nSPS) is 10.8. The molecule has 0 unspecified atom stereocenters. The van der Waals surface area contributed by atoms with Gasteiger partial charge >= 0.3 is 0 Å². The van der Waals surface area contributed by atoms with Crippen LogP contribution >= 0.6 is 7.92 Å². The molecule has 0 atom stereocenters. The Hall–Kier alpha value is -2.39. The highest BCUT2D eigenvalue weighted by Gasteiger charge is 2.22. The molecule has 0 aromatic heterocycles. The van der Waals surface area contributed by atoms with E-state index in [1.165, 1.54) is 5.56 Å². The van der Waals surface area contributed by atoms with Crippen LogP contribution in [0.2, 0.25) is 0 Å². The molecule has 146 valence electrons. The maximum absolute atomic E-state index is 5.88. The summed E-state index contributed by atoms with van der Waals surface area (Å²) >= 11 is 0. The largest absolute Gasteiger partial charge is 0.467 e. The molecule has 0 bridgehead atoms. The van der Waals surface area contributed by atoms with E-state index in [0.717, 1.165) is 28.3 Å². The number of ether oxygens (including phenoxy) is 4. The summed E-state index contributed by atoms with van der Waals surface area (Å²) in [4.78, 5) is 0. The quantitative estimate of drug-likeness (QED) is 0.379. The Kier molecular flexibility index (Phi) is 7.86. The van der Waals surface area contributed by atoms with Crippen LogP contribution in [-0.4, -0.2) is 27.8 Å². The van der Waals surface area contributed by atoms with Crippen molar-refractivity contribution in [2.24, 2.45) is 0 Å². The first-order valence-corrected chi connectivity index (χ1v) is 10.6. The van der Waals surface area contributed by atoms with Gasteiger partial charge in [-0.2, -0.15) is 0 Å². The fourth-order valence-corrected chi connectivity index (χ4v) is 5.43. The van der Waals surface area contributed by atoms with Crippen molar-refractivity contribution in [1.29, 1.82) is 0 Å². The summed E-state index contributed by atoms with van der Waals surface area (Å²) in [6.45, 7) is 0.431. The molecule has 3 rings (SSSR count). The van der Waals surface area contributed by atoms with Crippen LogP contribution in [0.5, 0.6) is 11.5 Å². The fourth-order valence-electron chi connectivity index (χ4n) is 2.92. The summed E-state index contributed by atoms with van der Waals surface area (Å²) in [6, 6.07) is 26.8. The topological polar surface area (TPSA) is 36.9 Å². The molecule has 0 saturated carbocycles. The first kappa shape index (κ1) is 20.3. The molecule has 4 nitrogen and oxygen atoms in total. The van der Waals surface area contributed by atoms with E-state index in [2.05, 4.69) is 36.4 Å². The Morgan fingerprint density at radius 3 is 1.57 bits per heavy atom. The number of hydrogen-bond donors (Lipinski definition) is 0. The molecule has 0 radical (unpaired) electrons. The number of rotatable bonds is 10. The van der Waals surface area contributed by atoms with E-state index in [-0.39, 0.29) is 13.6 Å². The predicted molar refractivity (Wildman–Crippen MR) is 114 cm³/mol. The van der Waals surface area contributed by atoms with E-state index in [0.29, 0.717) is 0 Å². The Balaban J connectivity index is 2.04. The zero-order chi connectivity index (χ0) is 19.6. The molecule has 0 aliphatic rings. The fraction of sp³-hybridized carbons (Fsp3) is 0.217. The summed E-state index contributed by atoms with van der Waals surface area (Å²) in [5.74, 6) is 1.68. The predicted octanol–water partition coefficient (Wildman–Crippen LogP) is 4.28. The summed E-state index contributed by atoms with van der Waals surface area (Å²) < 4.78 is 22.0. The molecular weight excluding hydrogens is 371 g/mol. The van der Waals surface area contributed by atoms with E-state index in [1.54, 1.807) is 14.2 Å². The van der Waals surface area contributed by atoms with Gasteiger partial charge in [0.05, 0.1) is 0 Å². The first-order valence-electron chi connectivity index (χ1n) is 9.06. The lowest BCUT2D eigenvalue weighted by Crippen LogP contribution is -2.19. The molecule has 0 N–H and O–H groups in total. The molecule has 3 aromatic rings. The third-order valence-corrected chi connectivity index (χ3v) is 6.74. The SMILES string of the molecule is COCOc1ccccc1P(Cc1ccccc1)c1ccccc1OCOC. The van der Waals surface area contributed by atoms with Crippen molar-refractivity contribution in [3.63, 3.8) is 0 Å². The average molecular weight is 396 g/mol. The lowest BCUT2D eigenvalue weighted by molar-refractivity contribution is 0.0519. The third-order valence-electron chi connectivity index (χ3n) is 4.16. The third kappa shape index (κ3) is 5.32. The van der Waals surface area contributed by atoms with Crippen molar-refractivity contribution in [3.05, 3.63) is 84.4 Å². The van der Waals surface area contributed by atoms with E-state index in [9.17, 15) is 0 Å². The molecule has 5 heteroatoms. The maximum atomic E-state index is 5.88. The lowest BCUT2D eigenvalue weighted by Gasteiger charge is -2.24. The van der Waals surface area contributed by atoms with Gasteiger partial charge in [0.1, 0.15) is 11.5 Å². The van der Waals surface area contributed by atoms with E-state index < -0.39 is 7.92 Å². The second kappa shape index (κ2) is 10.8. The van der Waals surface area contributed by atoms with Gasteiger partial charge in [0, 0.05) is 31.0 Å². The smallest absolute Gasteiger partial charge is 0.188 e. The summed E-state index contributed by atoms with van der Waals surface area (Å²) in [6.07, 6.45) is 0.886. The van der Waals surface area contributed by atoms with Crippen LogP contribution in [0.15, 0.2) is 78.9 Å². The van der Waals surface area contributed by atoms with E-state index in [1.807, 2.05) is 42.5 Å². The van der Waals surface area contributed by atoms with Crippen LogP contribution in [0, 0.1) is 0 Å². The van der Waals surface area contributed by atoms with Crippen molar-refractivity contribution < 1.29 is 18.9 Å². The zero-order valence-corrected chi connectivity index (χ0v) is 17.1. The van der Waals surface area contributed by atoms with Gasteiger partial charge in [-0.3, -0.25) is 0 Å². The molecule has 0 heterocycles. The first-order chi connectivity index (χ1) is 13.8. The Labute approximate surface area is 167 Å².